The van der Waals surface area contributed by atoms with E-state index in [1.54, 1.807) is 6.26 Å². The summed E-state index contributed by atoms with van der Waals surface area (Å²) in [7, 11) is 0. The number of aromatic amines is 1. The fourth-order valence-electron chi connectivity index (χ4n) is 2.39. The average Bonchev–Trinajstić information content (AvgIpc) is 3.17. The Balaban J connectivity index is 1.34. The van der Waals surface area contributed by atoms with Crippen LogP contribution in [-0.2, 0) is 17.9 Å². The maximum atomic E-state index is 5.55. The zero-order chi connectivity index (χ0) is 14.3. The van der Waals surface area contributed by atoms with Crippen LogP contribution in [0.25, 0.3) is 10.9 Å². The Bertz CT molecular complexity index is 658. The molecule has 0 amide bonds. The molecule has 3 rings (SSSR count). The smallest absolute Gasteiger partial charge is 0.129 e. The molecule has 0 aliphatic heterocycles. The minimum absolute atomic E-state index is 0.551. The molecule has 0 aliphatic carbocycles. The van der Waals surface area contributed by atoms with Crippen molar-refractivity contribution in [2.24, 2.45) is 0 Å². The highest BCUT2D eigenvalue weighted by Crippen LogP contribution is 2.16. The predicted molar refractivity (Wildman–Crippen MR) is 83.0 cm³/mol. The summed E-state index contributed by atoms with van der Waals surface area (Å²) in [6.07, 6.45) is 4.64. The highest BCUT2D eigenvalue weighted by atomic mass is 16.5. The fraction of sp³-hybridized carbons (Fsp3) is 0.294. The van der Waals surface area contributed by atoms with Crippen molar-refractivity contribution in [3.05, 3.63) is 60.2 Å². The molecule has 21 heavy (non-hydrogen) atoms. The van der Waals surface area contributed by atoms with Gasteiger partial charge in [0.25, 0.3) is 0 Å². The molecule has 0 bridgehead atoms. The molecular weight excluding hydrogens is 264 g/mol. The van der Waals surface area contributed by atoms with Crippen LogP contribution >= 0.6 is 0 Å². The van der Waals surface area contributed by atoms with Crippen molar-refractivity contribution < 1.29 is 9.15 Å². The van der Waals surface area contributed by atoms with Gasteiger partial charge in [-0.25, -0.2) is 0 Å². The summed E-state index contributed by atoms with van der Waals surface area (Å²) in [4.78, 5) is 3.23. The van der Waals surface area contributed by atoms with Gasteiger partial charge in [-0.2, -0.15) is 0 Å². The van der Waals surface area contributed by atoms with Gasteiger partial charge in [0, 0.05) is 30.3 Å². The van der Waals surface area contributed by atoms with Crippen molar-refractivity contribution in [3.8, 4) is 0 Å². The topological polar surface area (TPSA) is 50.2 Å². The van der Waals surface area contributed by atoms with Crippen molar-refractivity contribution in [1.82, 2.24) is 10.3 Å². The van der Waals surface area contributed by atoms with Gasteiger partial charge >= 0.3 is 0 Å². The molecule has 1 aromatic carbocycles. The van der Waals surface area contributed by atoms with Gasteiger partial charge in [-0.15, -0.1) is 0 Å². The Morgan fingerprint density at radius 1 is 1.14 bits per heavy atom. The molecule has 2 N–H and O–H groups in total. The van der Waals surface area contributed by atoms with Crippen molar-refractivity contribution in [3.63, 3.8) is 0 Å². The monoisotopic (exact) mass is 284 g/mol. The quantitative estimate of drug-likeness (QED) is 0.623. The summed E-state index contributed by atoms with van der Waals surface area (Å²) < 4.78 is 10.8. The minimum Gasteiger partial charge on any atom is -0.467 e. The number of ether oxygens (including phenoxy) is 1. The molecule has 0 radical (unpaired) electrons. The van der Waals surface area contributed by atoms with Gasteiger partial charge in [0.05, 0.1) is 6.26 Å². The Labute approximate surface area is 124 Å². The fourth-order valence-corrected chi connectivity index (χ4v) is 2.39. The average molecular weight is 284 g/mol. The Morgan fingerprint density at radius 2 is 2.14 bits per heavy atom. The van der Waals surface area contributed by atoms with Gasteiger partial charge in [-0.05, 0) is 42.8 Å². The van der Waals surface area contributed by atoms with E-state index in [1.165, 1.54) is 16.5 Å². The van der Waals surface area contributed by atoms with Crippen LogP contribution in [0.2, 0.25) is 0 Å². The summed E-state index contributed by atoms with van der Waals surface area (Å²) in [6.45, 7) is 3.12. The number of nitrogens with one attached hydrogen (secondary N) is 2. The highest BCUT2D eigenvalue weighted by molar-refractivity contribution is 5.82. The summed E-state index contributed by atoms with van der Waals surface area (Å²) in [5.41, 5.74) is 2.52. The number of furan rings is 1. The zero-order valence-electron chi connectivity index (χ0n) is 12.0. The minimum atomic E-state index is 0.551. The van der Waals surface area contributed by atoms with Crippen LogP contribution in [0.1, 0.15) is 17.7 Å². The first-order valence-electron chi connectivity index (χ1n) is 7.29. The van der Waals surface area contributed by atoms with Gasteiger partial charge in [-0.3, -0.25) is 0 Å². The second-order valence-corrected chi connectivity index (χ2v) is 5.02. The third-order valence-corrected chi connectivity index (χ3v) is 3.47. The number of H-pyrrole nitrogens is 1. The molecule has 0 aliphatic rings. The normalized spacial score (nSPS) is 11.2. The first-order chi connectivity index (χ1) is 10.4. The van der Waals surface area contributed by atoms with E-state index in [2.05, 4.69) is 34.6 Å². The largest absolute Gasteiger partial charge is 0.467 e. The van der Waals surface area contributed by atoms with E-state index in [-0.39, 0.29) is 0 Å². The Hall–Kier alpha value is -2.04. The first kappa shape index (κ1) is 13.9. The number of benzene rings is 1. The van der Waals surface area contributed by atoms with E-state index >= 15 is 0 Å². The molecule has 4 nitrogen and oxygen atoms in total. The lowest BCUT2D eigenvalue weighted by atomic mass is 10.1. The third kappa shape index (κ3) is 3.74. The number of rotatable bonds is 8. The lowest BCUT2D eigenvalue weighted by molar-refractivity contribution is 0.104. The van der Waals surface area contributed by atoms with E-state index in [4.69, 9.17) is 9.15 Å². The molecule has 0 atom stereocenters. The van der Waals surface area contributed by atoms with Crippen LogP contribution in [0.15, 0.2) is 53.3 Å². The Kier molecular flexibility index (Phi) is 4.71. The van der Waals surface area contributed by atoms with Crippen LogP contribution < -0.4 is 5.32 Å². The van der Waals surface area contributed by atoms with Crippen molar-refractivity contribution in [1.29, 1.82) is 0 Å². The van der Waals surface area contributed by atoms with Gasteiger partial charge in [0.15, 0.2) is 0 Å². The van der Waals surface area contributed by atoms with E-state index in [0.717, 1.165) is 31.9 Å². The summed E-state index contributed by atoms with van der Waals surface area (Å²) in [5.74, 6) is 0.877. The van der Waals surface area contributed by atoms with Crippen molar-refractivity contribution >= 4 is 10.9 Å². The molecule has 3 aromatic rings. The highest BCUT2D eigenvalue weighted by Gasteiger charge is 2.01. The maximum absolute atomic E-state index is 5.55. The third-order valence-electron chi connectivity index (χ3n) is 3.47. The number of aromatic nitrogens is 1. The summed E-state index contributed by atoms with van der Waals surface area (Å²) in [6, 6.07) is 12.3. The lowest BCUT2D eigenvalue weighted by Crippen LogP contribution is -2.16. The van der Waals surface area contributed by atoms with Crippen molar-refractivity contribution in [2.75, 3.05) is 13.2 Å². The summed E-state index contributed by atoms with van der Waals surface area (Å²) in [5, 5.41) is 4.75. The molecular formula is C17H20N2O2. The second-order valence-electron chi connectivity index (χ2n) is 5.02. The van der Waals surface area contributed by atoms with Crippen LogP contribution in [0.3, 0.4) is 0 Å². The molecule has 0 spiro atoms. The summed E-state index contributed by atoms with van der Waals surface area (Å²) >= 11 is 0. The van der Waals surface area contributed by atoms with Crippen LogP contribution in [-0.4, -0.2) is 18.1 Å². The van der Waals surface area contributed by atoms with Gasteiger partial charge in [-0.1, -0.05) is 12.1 Å². The SMILES string of the molecule is c1coc(COCCCNCc2cccc3[nH]ccc23)c1. The number of hydrogen-bond acceptors (Lipinski definition) is 3. The molecule has 0 saturated carbocycles. The van der Waals surface area contributed by atoms with Crippen LogP contribution in [0.4, 0.5) is 0 Å². The van der Waals surface area contributed by atoms with Crippen LogP contribution in [0.5, 0.6) is 0 Å². The molecule has 0 saturated heterocycles. The number of fused-ring (bicyclic) bond motifs is 1. The molecule has 2 aromatic heterocycles. The number of hydrogen-bond donors (Lipinski definition) is 2. The van der Waals surface area contributed by atoms with E-state index in [0.29, 0.717) is 6.61 Å². The zero-order valence-corrected chi connectivity index (χ0v) is 12.0. The molecule has 110 valence electrons. The van der Waals surface area contributed by atoms with E-state index in [9.17, 15) is 0 Å². The standard InChI is InChI=1S/C17H20N2O2/c1-4-14(16-7-9-19-17(16)6-1)12-18-8-3-10-20-13-15-5-2-11-21-15/h1-2,4-7,9,11,18-19H,3,8,10,12-13H2. The van der Waals surface area contributed by atoms with Gasteiger partial charge < -0.3 is 19.5 Å². The first-order valence-corrected chi connectivity index (χ1v) is 7.29. The lowest BCUT2D eigenvalue weighted by Gasteiger charge is -2.06. The molecule has 0 fully saturated rings. The van der Waals surface area contributed by atoms with Gasteiger partial charge in [0.1, 0.15) is 12.4 Å². The van der Waals surface area contributed by atoms with Crippen LogP contribution in [0, 0.1) is 0 Å². The predicted octanol–water partition coefficient (Wildman–Crippen LogP) is 3.46. The van der Waals surface area contributed by atoms with E-state index in [1.807, 2.05) is 18.3 Å². The molecule has 0 unspecified atom stereocenters. The second kappa shape index (κ2) is 7.11. The molecule has 2 heterocycles. The van der Waals surface area contributed by atoms with Crippen molar-refractivity contribution in [2.45, 2.75) is 19.6 Å². The molecule has 4 heteroatoms. The Morgan fingerprint density at radius 3 is 3.05 bits per heavy atom. The van der Waals surface area contributed by atoms with E-state index < -0.39 is 0 Å². The van der Waals surface area contributed by atoms with Gasteiger partial charge in [0.2, 0.25) is 0 Å². The maximum Gasteiger partial charge on any atom is 0.129 e.